The van der Waals surface area contributed by atoms with Crippen LogP contribution in [0.1, 0.15) is 21.6 Å². The van der Waals surface area contributed by atoms with Crippen LogP contribution in [0.2, 0.25) is 0 Å². The van der Waals surface area contributed by atoms with E-state index in [1.54, 1.807) is 35.5 Å². The second-order valence-corrected chi connectivity index (χ2v) is 6.76. The lowest BCUT2D eigenvalue weighted by atomic mass is 10.0. The summed E-state index contributed by atoms with van der Waals surface area (Å²) >= 11 is 0. The minimum absolute atomic E-state index is 0.106. The number of carbonyl (C=O) groups is 1. The molecular formula is C21H19FN4O. The Kier molecular flexibility index (Phi) is 4.32. The largest absolute Gasteiger partial charge is 0.363 e. The Bertz CT molecular complexity index is 1000. The van der Waals surface area contributed by atoms with E-state index in [1.165, 1.54) is 6.07 Å². The maximum absolute atomic E-state index is 14.7. The molecular weight excluding hydrogens is 343 g/mol. The van der Waals surface area contributed by atoms with Crippen molar-refractivity contribution in [1.82, 2.24) is 14.9 Å². The highest BCUT2D eigenvalue weighted by atomic mass is 19.1. The molecule has 0 saturated heterocycles. The lowest BCUT2D eigenvalue weighted by molar-refractivity contribution is 0.0765. The van der Waals surface area contributed by atoms with Crippen molar-refractivity contribution in [2.24, 2.45) is 0 Å². The molecule has 1 amide bonds. The zero-order valence-electron chi connectivity index (χ0n) is 15.2. The summed E-state index contributed by atoms with van der Waals surface area (Å²) in [5.41, 5.74) is 3.43. The molecule has 5 nitrogen and oxygen atoms in total. The summed E-state index contributed by atoms with van der Waals surface area (Å²) in [4.78, 5) is 24.6. The van der Waals surface area contributed by atoms with Gasteiger partial charge in [-0.25, -0.2) is 9.37 Å². The number of benzene rings is 1. The van der Waals surface area contributed by atoms with Crippen molar-refractivity contribution in [3.8, 4) is 11.1 Å². The topological polar surface area (TPSA) is 49.3 Å². The van der Waals surface area contributed by atoms with Gasteiger partial charge in [-0.15, -0.1) is 0 Å². The van der Waals surface area contributed by atoms with Gasteiger partial charge in [-0.05, 0) is 35.9 Å². The molecule has 136 valence electrons. The van der Waals surface area contributed by atoms with E-state index in [4.69, 9.17) is 0 Å². The zero-order valence-corrected chi connectivity index (χ0v) is 15.2. The number of carbonyl (C=O) groups excluding carboxylic acids is 1. The van der Waals surface area contributed by atoms with E-state index in [1.807, 2.05) is 37.2 Å². The molecule has 27 heavy (non-hydrogen) atoms. The molecule has 0 N–H and O–H groups in total. The van der Waals surface area contributed by atoms with Crippen LogP contribution in [0.3, 0.4) is 0 Å². The summed E-state index contributed by atoms with van der Waals surface area (Å²) in [5.74, 6) is 0.405. The molecule has 0 atom stereocenters. The SMILES string of the molecule is CN(C)c1ccc(-c2ccc(CN3Cc4ncccc4C3=O)c(F)c2)cn1. The number of halogens is 1. The Hall–Kier alpha value is -3.28. The quantitative estimate of drug-likeness (QED) is 0.713. The van der Waals surface area contributed by atoms with Gasteiger partial charge >= 0.3 is 0 Å². The van der Waals surface area contributed by atoms with Crippen LogP contribution in [0.15, 0.2) is 54.9 Å². The summed E-state index contributed by atoms with van der Waals surface area (Å²) in [6.07, 6.45) is 3.40. The lowest BCUT2D eigenvalue weighted by Gasteiger charge is -2.16. The highest BCUT2D eigenvalue weighted by Gasteiger charge is 2.28. The van der Waals surface area contributed by atoms with Crippen molar-refractivity contribution in [3.05, 3.63) is 77.5 Å². The van der Waals surface area contributed by atoms with E-state index in [0.29, 0.717) is 17.7 Å². The molecule has 0 saturated carbocycles. The number of hydrogen-bond acceptors (Lipinski definition) is 4. The molecule has 1 aliphatic heterocycles. The smallest absolute Gasteiger partial charge is 0.256 e. The maximum Gasteiger partial charge on any atom is 0.256 e. The fourth-order valence-electron chi connectivity index (χ4n) is 3.19. The Balaban J connectivity index is 1.54. The highest BCUT2D eigenvalue weighted by molar-refractivity contribution is 5.97. The Morgan fingerprint density at radius 1 is 1.11 bits per heavy atom. The Morgan fingerprint density at radius 3 is 2.59 bits per heavy atom. The van der Waals surface area contributed by atoms with Gasteiger partial charge in [-0.3, -0.25) is 9.78 Å². The van der Waals surface area contributed by atoms with E-state index in [0.717, 1.165) is 22.6 Å². The van der Waals surface area contributed by atoms with E-state index in [-0.39, 0.29) is 18.3 Å². The standard InChI is InChI=1S/C21H19FN4O/c1-25(2)20-8-7-15(11-24-20)14-5-6-16(18(22)10-14)12-26-13-19-17(21(26)27)4-3-9-23-19/h3-11H,12-13H2,1-2H3. The van der Waals surface area contributed by atoms with Crippen LogP contribution in [-0.4, -0.2) is 34.9 Å². The van der Waals surface area contributed by atoms with Gasteiger partial charge in [0.1, 0.15) is 11.6 Å². The molecule has 4 rings (SSSR count). The maximum atomic E-state index is 14.7. The number of pyridine rings is 2. The molecule has 1 aliphatic rings. The Morgan fingerprint density at radius 2 is 1.93 bits per heavy atom. The van der Waals surface area contributed by atoms with Crippen LogP contribution >= 0.6 is 0 Å². The summed E-state index contributed by atoms with van der Waals surface area (Å²) in [7, 11) is 3.84. The third-order valence-electron chi connectivity index (χ3n) is 4.70. The molecule has 0 unspecified atom stereocenters. The van der Waals surface area contributed by atoms with Crippen LogP contribution in [-0.2, 0) is 13.1 Å². The third-order valence-corrected chi connectivity index (χ3v) is 4.70. The van der Waals surface area contributed by atoms with Gasteiger partial charge in [0.2, 0.25) is 0 Å². The van der Waals surface area contributed by atoms with Gasteiger partial charge in [0.15, 0.2) is 0 Å². The van der Waals surface area contributed by atoms with E-state index in [2.05, 4.69) is 9.97 Å². The summed E-state index contributed by atoms with van der Waals surface area (Å²) in [5, 5.41) is 0. The minimum Gasteiger partial charge on any atom is -0.363 e. The molecule has 0 fully saturated rings. The molecule has 0 aliphatic carbocycles. The minimum atomic E-state index is -0.332. The molecule has 3 heterocycles. The van der Waals surface area contributed by atoms with Crippen molar-refractivity contribution in [3.63, 3.8) is 0 Å². The summed E-state index contributed by atoms with van der Waals surface area (Å²) in [6, 6.07) is 12.4. The zero-order chi connectivity index (χ0) is 19.0. The van der Waals surface area contributed by atoms with Gasteiger partial charge in [-0.1, -0.05) is 12.1 Å². The molecule has 1 aromatic carbocycles. The second-order valence-electron chi connectivity index (χ2n) is 6.76. The number of amides is 1. The normalized spacial score (nSPS) is 13.0. The molecule has 0 bridgehead atoms. The predicted molar refractivity (Wildman–Crippen MR) is 102 cm³/mol. The van der Waals surface area contributed by atoms with Gasteiger partial charge in [0, 0.05) is 44.2 Å². The molecule has 0 radical (unpaired) electrons. The first-order valence-corrected chi connectivity index (χ1v) is 8.68. The van der Waals surface area contributed by atoms with Gasteiger partial charge < -0.3 is 9.80 Å². The number of fused-ring (bicyclic) bond motifs is 1. The monoisotopic (exact) mass is 362 g/mol. The second kappa shape index (κ2) is 6.79. The number of hydrogen-bond donors (Lipinski definition) is 0. The van der Waals surface area contributed by atoms with E-state index < -0.39 is 0 Å². The lowest BCUT2D eigenvalue weighted by Crippen LogP contribution is -2.23. The van der Waals surface area contributed by atoms with Gasteiger partial charge in [-0.2, -0.15) is 0 Å². The van der Waals surface area contributed by atoms with Crippen LogP contribution in [0.5, 0.6) is 0 Å². The van der Waals surface area contributed by atoms with Crippen molar-refractivity contribution >= 4 is 11.7 Å². The van der Waals surface area contributed by atoms with E-state index in [9.17, 15) is 9.18 Å². The number of aromatic nitrogens is 2. The average molecular weight is 362 g/mol. The van der Waals surface area contributed by atoms with Crippen molar-refractivity contribution < 1.29 is 9.18 Å². The highest BCUT2D eigenvalue weighted by Crippen LogP contribution is 2.26. The van der Waals surface area contributed by atoms with Gasteiger partial charge in [0.25, 0.3) is 5.91 Å². The van der Waals surface area contributed by atoms with Crippen molar-refractivity contribution in [2.75, 3.05) is 19.0 Å². The molecule has 6 heteroatoms. The number of anilines is 1. The predicted octanol–water partition coefficient (Wildman–Crippen LogP) is 3.50. The summed E-state index contributed by atoms with van der Waals surface area (Å²) < 4.78 is 14.7. The first-order chi connectivity index (χ1) is 13.0. The van der Waals surface area contributed by atoms with E-state index >= 15 is 0 Å². The van der Waals surface area contributed by atoms with Crippen LogP contribution in [0.4, 0.5) is 10.2 Å². The van der Waals surface area contributed by atoms with Crippen molar-refractivity contribution in [2.45, 2.75) is 13.1 Å². The Labute approximate surface area is 157 Å². The summed E-state index contributed by atoms with van der Waals surface area (Å²) in [6.45, 7) is 0.630. The van der Waals surface area contributed by atoms with Crippen molar-refractivity contribution in [1.29, 1.82) is 0 Å². The average Bonchev–Trinajstić information content (AvgIpc) is 2.99. The number of rotatable bonds is 4. The third kappa shape index (κ3) is 3.26. The first kappa shape index (κ1) is 17.1. The molecule has 3 aromatic rings. The van der Waals surface area contributed by atoms with Crippen LogP contribution < -0.4 is 4.90 Å². The number of nitrogens with zero attached hydrogens (tertiary/aromatic N) is 4. The molecule has 2 aromatic heterocycles. The van der Waals surface area contributed by atoms with Crippen LogP contribution in [0, 0.1) is 5.82 Å². The van der Waals surface area contributed by atoms with Gasteiger partial charge in [0.05, 0.1) is 17.8 Å². The van der Waals surface area contributed by atoms with Crippen LogP contribution in [0.25, 0.3) is 11.1 Å². The molecule has 0 spiro atoms. The first-order valence-electron chi connectivity index (χ1n) is 8.68. The fourth-order valence-corrected chi connectivity index (χ4v) is 3.19. The fraction of sp³-hybridized carbons (Fsp3) is 0.190.